The molecule has 1 heteroatoms. The molecule has 10 rings (SSSR count). The van der Waals surface area contributed by atoms with E-state index in [0.717, 1.165) is 11.4 Å². The Morgan fingerprint density at radius 2 is 0.913 bits per heavy atom. The van der Waals surface area contributed by atoms with Gasteiger partial charge in [0.25, 0.3) is 0 Å². The van der Waals surface area contributed by atoms with Gasteiger partial charge in [0.2, 0.25) is 0 Å². The van der Waals surface area contributed by atoms with Crippen molar-refractivity contribution >= 4 is 38.6 Å². The molecule has 0 aliphatic heterocycles. The van der Waals surface area contributed by atoms with E-state index in [1.165, 1.54) is 71.7 Å². The van der Waals surface area contributed by atoms with E-state index in [2.05, 4.69) is 181 Å². The molecule has 0 aromatic heterocycles. The molecule has 2 aliphatic rings. The zero-order valence-corrected chi connectivity index (χ0v) is 25.2. The Balaban J connectivity index is 1.28. The zero-order chi connectivity index (χ0) is 30.2. The van der Waals surface area contributed by atoms with E-state index >= 15 is 0 Å². The fraction of sp³-hybridized carbons (Fsp3) is 0.0222. The van der Waals surface area contributed by atoms with Crippen LogP contribution in [0.3, 0.4) is 0 Å². The molecule has 214 valence electrons. The maximum Gasteiger partial charge on any atom is 0.0726 e. The Hall–Kier alpha value is -5.92. The largest absolute Gasteiger partial charge is 0.310 e. The van der Waals surface area contributed by atoms with Crippen LogP contribution in [0.5, 0.6) is 0 Å². The summed E-state index contributed by atoms with van der Waals surface area (Å²) in [6.45, 7) is 0. The van der Waals surface area contributed by atoms with Gasteiger partial charge in [-0.1, -0.05) is 146 Å². The molecule has 0 fully saturated rings. The number of fused-ring (bicyclic) bond motifs is 13. The third kappa shape index (κ3) is 3.29. The second-order valence-electron chi connectivity index (χ2n) is 12.4. The molecular formula is C45H29N. The average Bonchev–Trinajstić information content (AvgIpc) is 3.60. The predicted octanol–water partition coefficient (Wildman–Crippen LogP) is 11.8. The third-order valence-electron chi connectivity index (χ3n) is 10.2. The fourth-order valence-electron chi connectivity index (χ4n) is 8.45. The van der Waals surface area contributed by atoms with Crippen LogP contribution in [0.25, 0.3) is 43.8 Å². The SMILES string of the molecule is c1ccc(N(c2ccc3c(ccc4ccccc43)c2)c2cccc3c2-c2ccccc2C32c3ccccc3-c3ccccc32)cc1. The van der Waals surface area contributed by atoms with Gasteiger partial charge in [-0.25, -0.2) is 0 Å². The van der Waals surface area contributed by atoms with Crippen LogP contribution in [-0.4, -0.2) is 0 Å². The van der Waals surface area contributed by atoms with Gasteiger partial charge in [0.15, 0.2) is 0 Å². The topological polar surface area (TPSA) is 3.24 Å². The van der Waals surface area contributed by atoms with Gasteiger partial charge in [-0.15, -0.1) is 0 Å². The highest BCUT2D eigenvalue weighted by molar-refractivity contribution is 6.09. The molecule has 0 radical (unpaired) electrons. The van der Waals surface area contributed by atoms with Crippen LogP contribution < -0.4 is 4.90 Å². The minimum absolute atomic E-state index is 0.375. The summed E-state index contributed by atoms with van der Waals surface area (Å²) in [5.41, 5.74) is 13.8. The Bertz CT molecular complexity index is 2440. The minimum Gasteiger partial charge on any atom is -0.310 e. The van der Waals surface area contributed by atoms with Crippen molar-refractivity contribution in [2.45, 2.75) is 5.41 Å². The monoisotopic (exact) mass is 583 g/mol. The Morgan fingerprint density at radius 3 is 1.67 bits per heavy atom. The average molecular weight is 584 g/mol. The fourth-order valence-corrected chi connectivity index (χ4v) is 8.45. The molecule has 46 heavy (non-hydrogen) atoms. The van der Waals surface area contributed by atoms with Crippen LogP contribution in [-0.2, 0) is 5.41 Å². The molecule has 0 saturated carbocycles. The number of rotatable bonds is 3. The minimum atomic E-state index is -0.375. The molecular weight excluding hydrogens is 555 g/mol. The van der Waals surface area contributed by atoms with Crippen LogP contribution in [0.15, 0.2) is 176 Å². The standard InChI is InChI=1S/C45H29N/c1-2-14-32(15-3-1)46(33-27-28-35-31(29-33)26-25-30-13-4-5-16-34(30)35)43-24-12-23-42-44(43)38-19-8-11-22-41(38)45(42)39-20-9-6-17-36(39)37-18-7-10-21-40(37)45/h1-29H. The lowest BCUT2D eigenvalue weighted by atomic mass is 9.70. The van der Waals surface area contributed by atoms with Gasteiger partial charge >= 0.3 is 0 Å². The number of hydrogen-bond acceptors (Lipinski definition) is 1. The molecule has 0 N–H and O–H groups in total. The Kier molecular flexibility index (Phi) is 5.27. The number of hydrogen-bond donors (Lipinski definition) is 0. The first-order chi connectivity index (χ1) is 22.8. The summed E-state index contributed by atoms with van der Waals surface area (Å²) in [4.78, 5) is 2.45. The van der Waals surface area contributed by atoms with Gasteiger partial charge in [0.05, 0.1) is 11.1 Å². The maximum atomic E-state index is 2.45. The van der Waals surface area contributed by atoms with Crippen LogP contribution in [0.4, 0.5) is 17.1 Å². The summed E-state index contributed by atoms with van der Waals surface area (Å²) in [5, 5.41) is 5.06. The molecule has 1 nitrogen and oxygen atoms in total. The van der Waals surface area contributed by atoms with Gasteiger partial charge in [0, 0.05) is 16.9 Å². The summed E-state index contributed by atoms with van der Waals surface area (Å²) in [6.07, 6.45) is 0. The highest BCUT2D eigenvalue weighted by Crippen LogP contribution is 2.64. The normalized spacial score (nSPS) is 13.4. The third-order valence-corrected chi connectivity index (χ3v) is 10.2. The summed E-state index contributed by atoms with van der Waals surface area (Å²) in [7, 11) is 0. The Labute approximate surface area is 268 Å². The van der Waals surface area contributed by atoms with Crippen molar-refractivity contribution in [1.29, 1.82) is 0 Å². The molecule has 2 aliphatic carbocycles. The van der Waals surface area contributed by atoms with Crippen molar-refractivity contribution in [3.63, 3.8) is 0 Å². The van der Waals surface area contributed by atoms with Crippen molar-refractivity contribution in [3.8, 4) is 22.3 Å². The van der Waals surface area contributed by atoms with Gasteiger partial charge in [-0.3, -0.25) is 0 Å². The van der Waals surface area contributed by atoms with Crippen LogP contribution >= 0.6 is 0 Å². The highest BCUT2D eigenvalue weighted by Gasteiger charge is 2.52. The molecule has 8 aromatic rings. The maximum absolute atomic E-state index is 2.45. The molecule has 0 unspecified atom stereocenters. The number of anilines is 3. The van der Waals surface area contributed by atoms with Crippen molar-refractivity contribution in [1.82, 2.24) is 0 Å². The van der Waals surface area contributed by atoms with E-state index in [4.69, 9.17) is 0 Å². The second kappa shape index (κ2) is 9.54. The van der Waals surface area contributed by atoms with E-state index in [1.807, 2.05) is 0 Å². The summed E-state index contributed by atoms with van der Waals surface area (Å²) >= 11 is 0. The van der Waals surface area contributed by atoms with Gasteiger partial charge in [-0.05, 0) is 90.8 Å². The molecule has 1 spiro atoms. The van der Waals surface area contributed by atoms with Gasteiger partial charge in [-0.2, -0.15) is 0 Å². The first kappa shape index (κ1) is 25.4. The van der Waals surface area contributed by atoms with Crippen molar-refractivity contribution in [2.24, 2.45) is 0 Å². The Morgan fingerprint density at radius 1 is 0.348 bits per heavy atom. The smallest absolute Gasteiger partial charge is 0.0726 e. The molecule has 8 aromatic carbocycles. The quantitative estimate of drug-likeness (QED) is 0.187. The van der Waals surface area contributed by atoms with E-state index in [0.29, 0.717) is 0 Å². The van der Waals surface area contributed by atoms with E-state index in [1.54, 1.807) is 0 Å². The van der Waals surface area contributed by atoms with Gasteiger partial charge < -0.3 is 4.90 Å². The van der Waals surface area contributed by atoms with Crippen LogP contribution in [0, 0.1) is 0 Å². The van der Waals surface area contributed by atoms with Crippen LogP contribution in [0.2, 0.25) is 0 Å². The van der Waals surface area contributed by atoms with E-state index < -0.39 is 0 Å². The molecule has 0 amide bonds. The lowest BCUT2D eigenvalue weighted by Gasteiger charge is -2.32. The lowest BCUT2D eigenvalue weighted by Crippen LogP contribution is -2.26. The molecule has 0 saturated heterocycles. The first-order valence-corrected chi connectivity index (χ1v) is 16.0. The van der Waals surface area contributed by atoms with E-state index in [9.17, 15) is 0 Å². The second-order valence-corrected chi connectivity index (χ2v) is 12.4. The predicted molar refractivity (Wildman–Crippen MR) is 192 cm³/mol. The van der Waals surface area contributed by atoms with Crippen molar-refractivity contribution in [2.75, 3.05) is 4.90 Å². The number of para-hydroxylation sites is 1. The van der Waals surface area contributed by atoms with Crippen molar-refractivity contribution in [3.05, 3.63) is 198 Å². The zero-order valence-electron chi connectivity index (χ0n) is 25.2. The summed E-state index contributed by atoms with van der Waals surface area (Å²) < 4.78 is 0. The number of benzene rings is 8. The van der Waals surface area contributed by atoms with Crippen LogP contribution in [0.1, 0.15) is 22.3 Å². The molecule has 0 atom stereocenters. The molecule has 0 bridgehead atoms. The van der Waals surface area contributed by atoms with Gasteiger partial charge in [0.1, 0.15) is 0 Å². The number of nitrogens with zero attached hydrogens (tertiary/aromatic N) is 1. The summed E-state index contributed by atoms with van der Waals surface area (Å²) in [5.74, 6) is 0. The summed E-state index contributed by atoms with van der Waals surface area (Å²) in [6, 6.07) is 65.0. The lowest BCUT2D eigenvalue weighted by molar-refractivity contribution is 0.794. The molecule has 0 heterocycles. The van der Waals surface area contributed by atoms with Crippen molar-refractivity contribution < 1.29 is 0 Å². The first-order valence-electron chi connectivity index (χ1n) is 16.0. The van der Waals surface area contributed by atoms with E-state index in [-0.39, 0.29) is 5.41 Å². The highest BCUT2D eigenvalue weighted by atomic mass is 15.1.